The maximum Gasteiger partial charge on any atom is 0.511 e. The van der Waals surface area contributed by atoms with E-state index < -0.39 is 46.5 Å². The topological polar surface area (TPSA) is 161 Å². The van der Waals surface area contributed by atoms with Crippen molar-refractivity contribution in [1.82, 2.24) is 24.5 Å². The van der Waals surface area contributed by atoms with Crippen LogP contribution in [-0.2, 0) is 30.4 Å². The zero-order valence-corrected chi connectivity index (χ0v) is 27.8. The molecule has 0 spiro atoms. The maximum absolute atomic E-state index is 13.5. The van der Waals surface area contributed by atoms with Gasteiger partial charge in [0.2, 0.25) is 0 Å². The van der Waals surface area contributed by atoms with Crippen molar-refractivity contribution in [2.75, 3.05) is 31.5 Å². The van der Waals surface area contributed by atoms with Crippen molar-refractivity contribution < 1.29 is 54.9 Å². The Morgan fingerprint density at radius 2 is 1.65 bits per heavy atom. The number of hydrogen-bond acceptors (Lipinski definition) is 11. The molecule has 19 heteroatoms. The monoisotopic (exact) mass is 712 g/mol. The maximum atomic E-state index is 13.5. The van der Waals surface area contributed by atoms with Crippen LogP contribution in [0.25, 0.3) is 16.9 Å². The molecule has 266 valence electrons. The Kier molecular flexibility index (Phi) is 9.93. The minimum atomic E-state index is -4.70. The van der Waals surface area contributed by atoms with Gasteiger partial charge in [0.05, 0.1) is 22.9 Å². The van der Waals surface area contributed by atoms with Crippen molar-refractivity contribution in [2.24, 2.45) is 5.92 Å². The highest BCUT2D eigenvalue weighted by Crippen LogP contribution is 2.33. The van der Waals surface area contributed by atoms with Crippen LogP contribution in [0.1, 0.15) is 44.9 Å². The summed E-state index contributed by atoms with van der Waals surface area (Å²) < 4.78 is 89.4. The Morgan fingerprint density at radius 1 is 1.00 bits per heavy atom. The second-order valence-electron chi connectivity index (χ2n) is 12.2. The Bertz CT molecular complexity index is 1850. The van der Waals surface area contributed by atoms with E-state index in [1.165, 1.54) is 17.1 Å². The fourth-order valence-corrected chi connectivity index (χ4v) is 5.63. The summed E-state index contributed by atoms with van der Waals surface area (Å²) in [5, 5.41) is 6.54. The summed E-state index contributed by atoms with van der Waals surface area (Å²) in [7, 11) is -4.36. The molecule has 49 heavy (non-hydrogen) atoms. The number of rotatable bonds is 10. The van der Waals surface area contributed by atoms with Gasteiger partial charge in [0, 0.05) is 23.6 Å². The van der Waals surface area contributed by atoms with E-state index in [1.807, 2.05) is 11.6 Å². The van der Waals surface area contributed by atoms with Gasteiger partial charge in [0.1, 0.15) is 10.6 Å². The van der Waals surface area contributed by atoms with Gasteiger partial charge in [-0.1, -0.05) is 29.8 Å². The average Bonchev–Trinajstić information content (AvgIpc) is 3.64. The molecule has 1 aliphatic rings. The largest absolute Gasteiger partial charge is 0.511 e. The summed E-state index contributed by atoms with van der Waals surface area (Å²) in [6.07, 6.45) is -5.60. The molecule has 1 aliphatic heterocycles. The molecule has 1 fully saturated rings. The average molecular weight is 713 g/mol. The molecular formula is C30H35F3N6O9S. The number of carbonyl (C=O) groups is 2. The lowest BCUT2D eigenvalue weighted by atomic mass is 9.99. The van der Waals surface area contributed by atoms with E-state index in [4.69, 9.17) is 23.7 Å². The highest BCUT2D eigenvalue weighted by molar-refractivity contribution is 7.90. The fourth-order valence-electron chi connectivity index (χ4n) is 4.73. The standard InChI is InChI=1S/C30H35F3N6O9S/c1-20-5-7-22(8-6-20)25-17-26(30(31,32)33)34-37(25)23-9-11-24(12-10-23)49(42,43)35-27(40)44-18-21-13-15-36(16-14-21)38-39(48-38)46-19-45-28(41)47-29(2,3)4/h5-12,17,21H,13-16,18-19H2,1-4H3,(H,35,40). The van der Waals surface area contributed by atoms with Crippen LogP contribution in [0, 0.1) is 12.8 Å². The molecule has 0 atom stereocenters. The number of ether oxygens (including phenoxy) is 3. The number of benzene rings is 2. The van der Waals surface area contributed by atoms with E-state index in [1.54, 1.807) is 50.0 Å². The van der Waals surface area contributed by atoms with Crippen molar-refractivity contribution in [3.63, 3.8) is 0 Å². The van der Waals surface area contributed by atoms with Crippen LogP contribution in [0.2, 0.25) is 0 Å². The summed E-state index contributed by atoms with van der Waals surface area (Å²) in [6.45, 7) is 7.47. The lowest BCUT2D eigenvalue weighted by Crippen LogP contribution is -2.42. The molecule has 3 heterocycles. The van der Waals surface area contributed by atoms with Gasteiger partial charge in [-0.15, -0.1) is 0 Å². The predicted molar refractivity (Wildman–Crippen MR) is 165 cm³/mol. The number of hydrogen-bond donors (Lipinski definition) is 1. The van der Waals surface area contributed by atoms with E-state index in [9.17, 15) is 31.2 Å². The van der Waals surface area contributed by atoms with Crippen LogP contribution in [0.3, 0.4) is 0 Å². The summed E-state index contributed by atoms with van der Waals surface area (Å²) in [4.78, 5) is 30.1. The number of carbonyl (C=O) groups excluding carboxylic acids is 2. The molecule has 0 saturated carbocycles. The SMILES string of the molecule is Cc1ccc(-c2cc(C(F)(F)F)nn2-c2ccc(S(=O)(=O)NC(=O)OCC3CCN(n4on4OCOC(=O)OC(C)(C)C)CC3)cc2)cc1. The number of piperidine rings is 1. The van der Waals surface area contributed by atoms with Crippen LogP contribution >= 0.6 is 0 Å². The van der Waals surface area contributed by atoms with Crippen molar-refractivity contribution in [1.29, 1.82) is 0 Å². The zero-order chi connectivity index (χ0) is 35.6. The molecule has 0 unspecified atom stereocenters. The van der Waals surface area contributed by atoms with Crippen molar-refractivity contribution in [3.05, 3.63) is 65.9 Å². The van der Waals surface area contributed by atoms with E-state index in [0.717, 1.165) is 33.5 Å². The smallest absolute Gasteiger partial charge is 0.449 e. The molecule has 4 aromatic rings. The first-order valence-electron chi connectivity index (χ1n) is 15.0. The van der Waals surface area contributed by atoms with E-state index >= 15 is 0 Å². The van der Waals surface area contributed by atoms with E-state index in [2.05, 4.69) is 5.10 Å². The number of halogens is 3. The summed E-state index contributed by atoms with van der Waals surface area (Å²) in [5.41, 5.74) is -0.0717. The second kappa shape index (κ2) is 13.8. The molecule has 2 aromatic heterocycles. The van der Waals surface area contributed by atoms with Crippen molar-refractivity contribution in [3.8, 4) is 16.9 Å². The number of nitrogens with one attached hydrogen (secondary N) is 1. The highest BCUT2D eigenvalue weighted by Gasteiger charge is 2.35. The van der Waals surface area contributed by atoms with Gasteiger partial charge >= 0.3 is 18.4 Å². The third-order valence-corrected chi connectivity index (χ3v) is 8.55. The Morgan fingerprint density at radius 3 is 2.27 bits per heavy atom. The lowest BCUT2D eigenvalue weighted by molar-refractivity contribution is -0.141. The van der Waals surface area contributed by atoms with Gasteiger partial charge in [-0.3, -0.25) is 5.01 Å². The number of amides is 1. The van der Waals surface area contributed by atoms with Gasteiger partial charge in [-0.05, 0) is 76.8 Å². The first-order valence-corrected chi connectivity index (χ1v) is 16.5. The van der Waals surface area contributed by atoms with Crippen LogP contribution < -0.4 is 14.6 Å². The second-order valence-corrected chi connectivity index (χ2v) is 13.9. The van der Waals surface area contributed by atoms with Crippen molar-refractivity contribution >= 4 is 22.3 Å². The summed E-state index contributed by atoms with van der Waals surface area (Å²) in [6, 6.07) is 12.6. The third kappa shape index (κ3) is 9.30. The number of sulfonamides is 1. The third-order valence-electron chi connectivity index (χ3n) is 7.23. The van der Waals surface area contributed by atoms with E-state index in [-0.39, 0.29) is 28.8 Å². The Hall–Kier alpha value is -5.07. The normalized spacial score (nSPS) is 14.5. The molecule has 2 aromatic carbocycles. The van der Waals surface area contributed by atoms with Crippen LogP contribution in [-0.4, -0.2) is 72.5 Å². The molecule has 5 rings (SSSR count). The van der Waals surface area contributed by atoms with E-state index in [0.29, 0.717) is 31.5 Å². The molecule has 0 aliphatic carbocycles. The Balaban J connectivity index is 1.10. The van der Waals surface area contributed by atoms with Crippen molar-refractivity contribution in [2.45, 2.75) is 57.2 Å². The van der Waals surface area contributed by atoms with Gasteiger partial charge < -0.3 is 19.0 Å². The molecule has 15 nitrogen and oxygen atoms in total. The molecule has 1 N–H and O–H groups in total. The molecule has 1 saturated heterocycles. The zero-order valence-electron chi connectivity index (χ0n) is 27.0. The first kappa shape index (κ1) is 35.2. The van der Waals surface area contributed by atoms with Crippen LogP contribution in [0.15, 0.2) is 64.1 Å². The lowest BCUT2D eigenvalue weighted by Gasteiger charge is -2.28. The number of aromatic nitrogens is 4. The minimum Gasteiger partial charge on any atom is -0.449 e. The first-order chi connectivity index (χ1) is 23.0. The fraction of sp³-hybridized carbons (Fsp3) is 0.433. The molecular weight excluding hydrogens is 677 g/mol. The van der Waals surface area contributed by atoms with Gasteiger partial charge in [0.15, 0.2) is 5.69 Å². The molecule has 0 radical (unpaired) electrons. The highest BCUT2D eigenvalue weighted by atomic mass is 32.2. The van der Waals surface area contributed by atoms with Gasteiger partial charge in [-0.2, -0.15) is 22.9 Å². The predicted octanol–water partition coefficient (Wildman–Crippen LogP) is 4.86. The van der Waals surface area contributed by atoms with Gasteiger partial charge in [-0.25, -0.2) is 27.4 Å². The summed E-state index contributed by atoms with van der Waals surface area (Å²) in [5.74, 6) is -0.0628. The molecule has 0 bridgehead atoms. The summed E-state index contributed by atoms with van der Waals surface area (Å²) >= 11 is 0. The molecule has 1 amide bonds. The van der Waals surface area contributed by atoms with Crippen LogP contribution in [0.5, 0.6) is 0 Å². The number of alkyl halides is 3. The Labute approximate surface area is 278 Å². The van der Waals surface area contributed by atoms with Gasteiger partial charge in [0.25, 0.3) is 16.8 Å². The van der Waals surface area contributed by atoms with Crippen LogP contribution in [0.4, 0.5) is 22.8 Å². The minimum absolute atomic E-state index is 0.0401. The number of nitrogens with zero attached hydrogens (tertiary/aromatic N) is 5. The quantitative estimate of drug-likeness (QED) is 0.177. The number of aryl methyl sites for hydroxylation is 1.